The fraction of sp³-hybridized carbons (Fsp3) is 0.176. The molecule has 4 rings (SSSR count). The molecule has 1 aromatic heterocycles. The summed E-state index contributed by atoms with van der Waals surface area (Å²) in [5.41, 5.74) is 2.68. The zero-order valence-electron chi connectivity index (χ0n) is 12.3. The van der Waals surface area contributed by atoms with Crippen molar-refractivity contribution in [2.75, 3.05) is 0 Å². The van der Waals surface area contributed by atoms with Crippen LogP contribution in [0.3, 0.4) is 0 Å². The molecule has 0 saturated carbocycles. The van der Waals surface area contributed by atoms with E-state index in [0.717, 1.165) is 0 Å². The molecular formula is C17H10F3N3O. The maximum atomic E-state index is 12.7. The quantitative estimate of drug-likeness (QED) is 0.636. The van der Waals surface area contributed by atoms with Crippen molar-refractivity contribution in [1.82, 2.24) is 9.97 Å². The summed E-state index contributed by atoms with van der Waals surface area (Å²) in [5.74, 6) is -0.604. The number of rotatable bonds is 1. The van der Waals surface area contributed by atoms with Gasteiger partial charge in [-0.05, 0) is 23.8 Å². The first-order valence-corrected chi connectivity index (χ1v) is 7.26. The van der Waals surface area contributed by atoms with Crippen molar-refractivity contribution in [3.8, 4) is 0 Å². The summed E-state index contributed by atoms with van der Waals surface area (Å²) in [5, 5.41) is 0. The second kappa shape index (κ2) is 5.09. The second-order valence-electron chi connectivity index (χ2n) is 5.60. The number of hydrogen-bond acceptors (Lipinski definition) is 4. The number of nitrogens with zero attached hydrogens (tertiary/aromatic N) is 3. The van der Waals surface area contributed by atoms with E-state index in [4.69, 9.17) is 0 Å². The lowest BCUT2D eigenvalue weighted by Gasteiger charge is -2.17. The fourth-order valence-electron chi connectivity index (χ4n) is 2.78. The SMILES string of the molecule is O=C1Cc2ccc3nc4ccccc4nc3c2N=C1CC(F)(F)F. The third-order valence-electron chi connectivity index (χ3n) is 3.86. The van der Waals surface area contributed by atoms with Gasteiger partial charge in [0, 0.05) is 6.42 Å². The summed E-state index contributed by atoms with van der Waals surface area (Å²) in [6.45, 7) is 0. The van der Waals surface area contributed by atoms with E-state index in [1.165, 1.54) is 0 Å². The largest absolute Gasteiger partial charge is 0.394 e. The third-order valence-corrected chi connectivity index (χ3v) is 3.86. The predicted molar refractivity (Wildman–Crippen MR) is 83.5 cm³/mol. The van der Waals surface area contributed by atoms with Crippen LogP contribution in [0.5, 0.6) is 0 Å². The van der Waals surface area contributed by atoms with Gasteiger partial charge in [-0.3, -0.25) is 4.79 Å². The average molecular weight is 329 g/mol. The highest BCUT2D eigenvalue weighted by Gasteiger charge is 2.34. The maximum Gasteiger partial charge on any atom is 0.394 e. The Morgan fingerprint density at radius 2 is 1.67 bits per heavy atom. The summed E-state index contributed by atoms with van der Waals surface area (Å²) in [7, 11) is 0. The van der Waals surface area contributed by atoms with Gasteiger partial charge in [0.2, 0.25) is 0 Å². The molecule has 0 spiro atoms. The Morgan fingerprint density at radius 1 is 0.958 bits per heavy atom. The second-order valence-corrected chi connectivity index (χ2v) is 5.60. The number of ketones is 1. The van der Waals surface area contributed by atoms with Gasteiger partial charge in [-0.15, -0.1) is 0 Å². The molecule has 24 heavy (non-hydrogen) atoms. The van der Waals surface area contributed by atoms with Crippen LogP contribution in [0.2, 0.25) is 0 Å². The molecule has 2 heterocycles. The topological polar surface area (TPSA) is 55.2 Å². The number of halogens is 3. The zero-order chi connectivity index (χ0) is 16.9. The number of benzene rings is 2. The summed E-state index contributed by atoms with van der Waals surface area (Å²) in [4.78, 5) is 24.9. The van der Waals surface area contributed by atoms with Crippen LogP contribution >= 0.6 is 0 Å². The first-order valence-electron chi connectivity index (χ1n) is 7.26. The van der Waals surface area contributed by atoms with Crippen LogP contribution in [0.1, 0.15) is 12.0 Å². The van der Waals surface area contributed by atoms with Gasteiger partial charge in [0.25, 0.3) is 0 Å². The van der Waals surface area contributed by atoms with Crippen molar-refractivity contribution >= 4 is 39.2 Å². The highest BCUT2D eigenvalue weighted by molar-refractivity contribution is 6.42. The van der Waals surface area contributed by atoms with Crippen molar-refractivity contribution in [2.45, 2.75) is 19.0 Å². The molecule has 0 bridgehead atoms. The predicted octanol–water partition coefficient (Wildman–Crippen LogP) is 3.93. The molecule has 0 unspecified atom stereocenters. The van der Waals surface area contributed by atoms with Gasteiger partial charge < -0.3 is 0 Å². The van der Waals surface area contributed by atoms with Crippen molar-refractivity contribution < 1.29 is 18.0 Å². The Morgan fingerprint density at radius 3 is 2.38 bits per heavy atom. The summed E-state index contributed by atoms with van der Waals surface area (Å²) >= 11 is 0. The number of alkyl halides is 3. The Labute approximate surface area is 134 Å². The van der Waals surface area contributed by atoms with Gasteiger partial charge in [-0.1, -0.05) is 18.2 Å². The highest BCUT2D eigenvalue weighted by Crippen LogP contribution is 2.34. The first-order chi connectivity index (χ1) is 11.4. The Bertz CT molecular complexity index is 1020. The van der Waals surface area contributed by atoms with E-state index in [-0.39, 0.29) is 6.42 Å². The molecule has 0 aliphatic carbocycles. The highest BCUT2D eigenvalue weighted by atomic mass is 19.4. The molecule has 0 fully saturated rings. The molecular weight excluding hydrogens is 319 g/mol. The fourth-order valence-corrected chi connectivity index (χ4v) is 2.78. The summed E-state index contributed by atoms with van der Waals surface area (Å²) in [6.07, 6.45) is -5.91. The van der Waals surface area contributed by atoms with Crippen LogP contribution in [0.4, 0.5) is 18.9 Å². The lowest BCUT2D eigenvalue weighted by molar-refractivity contribution is -0.125. The van der Waals surface area contributed by atoms with Gasteiger partial charge in [-0.2, -0.15) is 13.2 Å². The third kappa shape index (κ3) is 2.51. The number of aromatic nitrogens is 2. The summed E-state index contributed by atoms with van der Waals surface area (Å²) in [6, 6.07) is 10.6. The van der Waals surface area contributed by atoms with Gasteiger partial charge >= 0.3 is 6.18 Å². The molecule has 0 atom stereocenters. The van der Waals surface area contributed by atoms with Crippen molar-refractivity contribution in [2.24, 2.45) is 4.99 Å². The lowest BCUT2D eigenvalue weighted by Crippen LogP contribution is -2.26. The molecule has 1 aliphatic heterocycles. The van der Waals surface area contributed by atoms with Crippen LogP contribution in [0.15, 0.2) is 41.4 Å². The monoisotopic (exact) mass is 329 g/mol. The van der Waals surface area contributed by atoms with Crippen LogP contribution in [0, 0.1) is 0 Å². The van der Waals surface area contributed by atoms with Gasteiger partial charge in [-0.25, -0.2) is 15.0 Å². The smallest absolute Gasteiger partial charge is 0.292 e. The Kier molecular flexibility index (Phi) is 3.13. The first kappa shape index (κ1) is 14.7. The molecule has 120 valence electrons. The minimum atomic E-state index is -4.48. The van der Waals surface area contributed by atoms with E-state index in [1.54, 1.807) is 24.3 Å². The number of aliphatic imine (C=N–C) groups is 1. The van der Waals surface area contributed by atoms with Gasteiger partial charge in [0.15, 0.2) is 5.78 Å². The lowest BCUT2D eigenvalue weighted by atomic mass is 9.97. The molecule has 0 radical (unpaired) electrons. The molecule has 0 amide bonds. The maximum absolute atomic E-state index is 12.7. The molecule has 3 aromatic rings. The standard InChI is InChI=1S/C17H10F3N3O/c18-17(19,20)8-13-14(24)7-9-5-6-12-16(15(9)23-13)22-11-4-2-1-3-10(11)21-12/h1-6H,7-8H2. The summed E-state index contributed by atoms with van der Waals surface area (Å²) < 4.78 is 38.0. The van der Waals surface area contributed by atoms with Crippen molar-refractivity contribution in [1.29, 1.82) is 0 Å². The molecule has 2 aromatic carbocycles. The number of hydrogen-bond donors (Lipinski definition) is 0. The number of Topliss-reactive ketones (excluding diaryl/α,β-unsaturated/α-hetero) is 1. The van der Waals surface area contributed by atoms with Gasteiger partial charge in [0.05, 0.1) is 34.4 Å². The molecule has 7 heteroatoms. The van der Waals surface area contributed by atoms with Crippen LogP contribution in [-0.2, 0) is 11.2 Å². The van der Waals surface area contributed by atoms with Crippen molar-refractivity contribution in [3.05, 3.63) is 42.0 Å². The van der Waals surface area contributed by atoms with E-state index in [2.05, 4.69) is 15.0 Å². The number of fused-ring (bicyclic) bond motifs is 4. The minimum absolute atomic E-state index is 0.102. The van der Waals surface area contributed by atoms with Gasteiger partial charge in [0.1, 0.15) is 5.52 Å². The van der Waals surface area contributed by atoms with Crippen LogP contribution in [0.25, 0.3) is 22.1 Å². The van der Waals surface area contributed by atoms with E-state index in [1.807, 2.05) is 12.1 Å². The Balaban J connectivity index is 1.96. The average Bonchev–Trinajstić information content (AvgIpc) is 2.52. The van der Waals surface area contributed by atoms with Crippen LogP contribution < -0.4 is 0 Å². The molecule has 1 aliphatic rings. The molecule has 0 saturated heterocycles. The zero-order valence-corrected chi connectivity index (χ0v) is 12.3. The van der Waals surface area contributed by atoms with E-state index < -0.39 is 24.1 Å². The van der Waals surface area contributed by atoms with E-state index in [9.17, 15) is 18.0 Å². The van der Waals surface area contributed by atoms with Crippen LogP contribution in [-0.4, -0.2) is 27.6 Å². The number of carbonyl (C=O) groups excluding carboxylic acids is 1. The van der Waals surface area contributed by atoms with Crippen molar-refractivity contribution in [3.63, 3.8) is 0 Å². The number of para-hydroxylation sites is 2. The normalized spacial score (nSPS) is 14.8. The Hall–Kier alpha value is -2.83. The molecule has 4 nitrogen and oxygen atoms in total. The minimum Gasteiger partial charge on any atom is -0.292 e. The molecule has 0 N–H and O–H groups in total. The number of carbonyl (C=O) groups is 1. The van der Waals surface area contributed by atoms with E-state index in [0.29, 0.717) is 33.3 Å². The van der Waals surface area contributed by atoms with E-state index >= 15 is 0 Å².